The molecule has 0 radical (unpaired) electrons. The van der Waals surface area contributed by atoms with Crippen LogP contribution in [0.25, 0.3) is 0 Å². The van der Waals surface area contributed by atoms with Crippen molar-refractivity contribution in [3.05, 3.63) is 83.4 Å². The van der Waals surface area contributed by atoms with Crippen LogP contribution >= 0.6 is 11.6 Å². The molecule has 3 rings (SSSR count). The van der Waals surface area contributed by atoms with Crippen LogP contribution in [0.2, 0.25) is 5.02 Å². The number of halogens is 1. The number of carbonyl (C=O) groups excluding carboxylic acids is 1. The van der Waals surface area contributed by atoms with Gasteiger partial charge in [0, 0.05) is 5.02 Å². The van der Waals surface area contributed by atoms with Crippen LogP contribution in [0, 0.1) is 0 Å². The quantitative estimate of drug-likeness (QED) is 0.650. The zero-order valence-electron chi connectivity index (χ0n) is 13.9. The van der Waals surface area contributed by atoms with Crippen LogP contribution in [-0.2, 0) is 10.0 Å². The highest BCUT2D eigenvalue weighted by Crippen LogP contribution is 2.26. The highest BCUT2D eigenvalue weighted by molar-refractivity contribution is 7.92. The fourth-order valence-corrected chi connectivity index (χ4v) is 3.58. The number of sulfonamides is 1. The van der Waals surface area contributed by atoms with Crippen LogP contribution in [-0.4, -0.2) is 14.3 Å². The summed E-state index contributed by atoms with van der Waals surface area (Å²) < 4.78 is 33.2. The number of primary amides is 1. The molecular formula is C19H15ClN2O4S. The van der Waals surface area contributed by atoms with E-state index in [1.807, 2.05) is 18.2 Å². The standard InChI is InChI=1S/C19H15ClN2O4S/c20-13-6-11-18(17(12-13)19(21)23)22-27(24,25)16-9-7-15(8-10-16)26-14-4-2-1-3-5-14/h1-12,22H,(H2,21,23). The molecule has 0 aliphatic rings. The molecule has 0 heterocycles. The molecule has 8 heteroatoms. The number of amides is 1. The van der Waals surface area contributed by atoms with Gasteiger partial charge in [-0.2, -0.15) is 0 Å². The molecule has 3 aromatic rings. The average Bonchev–Trinajstić information content (AvgIpc) is 2.64. The molecule has 0 unspecified atom stereocenters. The largest absolute Gasteiger partial charge is 0.457 e. The number of rotatable bonds is 6. The fraction of sp³-hybridized carbons (Fsp3) is 0. The first-order valence-corrected chi connectivity index (χ1v) is 9.66. The van der Waals surface area contributed by atoms with E-state index in [9.17, 15) is 13.2 Å². The van der Waals surface area contributed by atoms with Gasteiger partial charge in [-0.15, -0.1) is 0 Å². The summed E-state index contributed by atoms with van der Waals surface area (Å²) in [5.74, 6) is 0.338. The Bertz CT molecular complexity index is 1070. The van der Waals surface area contributed by atoms with Crippen molar-refractivity contribution in [1.82, 2.24) is 0 Å². The van der Waals surface area contributed by atoms with Gasteiger partial charge in [-0.25, -0.2) is 8.42 Å². The van der Waals surface area contributed by atoms with Gasteiger partial charge in [0.1, 0.15) is 11.5 Å². The maximum Gasteiger partial charge on any atom is 0.261 e. The van der Waals surface area contributed by atoms with E-state index in [0.717, 1.165) is 0 Å². The third-order valence-corrected chi connectivity index (χ3v) is 5.22. The Morgan fingerprint density at radius 2 is 1.56 bits per heavy atom. The molecule has 3 aromatic carbocycles. The van der Waals surface area contributed by atoms with Gasteiger partial charge in [0.05, 0.1) is 16.1 Å². The second kappa shape index (κ2) is 7.69. The number of para-hydroxylation sites is 1. The van der Waals surface area contributed by atoms with Crippen molar-refractivity contribution in [2.75, 3.05) is 4.72 Å². The number of benzene rings is 3. The molecule has 0 saturated heterocycles. The van der Waals surface area contributed by atoms with E-state index in [0.29, 0.717) is 11.5 Å². The summed E-state index contributed by atoms with van der Waals surface area (Å²) in [7, 11) is -3.93. The van der Waals surface area contributed by atoms with Crippen LogP contribution in [0.15, 0.2) is 77.7 Å². The predicted octanol–water partition coefficient (Wildman–Crippen LogP) is 4.03. The van der Waals surface area contributed by atoms with Gasteiger partial charge in [-0.05, 0) is 54.6 Å². The molecule has 138 valence electrons. The Morgan fingerprint density at radius 1 is 0.926 bits per heavy atom. The van der Waals surface area contributed by atoms with Gasteiger partial charge < -0.3 is 10.5 Å². The highest BCUT2D eigenvalue weighted by atomic mass is 35.5. The van der Waals surface area contributed by atoms with Crippen LogP contribution < -0.4 is 15.2 Å². The molecule has 0 spiro atoms. The summed E-state index contributed by atoms with van der Waals surface area (Å²) in [5, 5.41) is 0.272. The second-order valence-electron chi connectivity index (χ2n) is 5.55. The first-order valence-electron chi connectivity index (χ1n) is 7.80. The van der Waals surface area contributed by atoms with Crippen molar-refractivity contribution in [2.24, 2.45) is 5.73 Å². The molecule has 6 nitrogen and oxygen atoms in total. The lowest BCUT2D eigenvalue weighted by atomic mass is 10.2. The number of hydrogen-bond donors (Lipinski definition) is 2. The second-order valence-corrected chi connectivity index (χ2v) is 7.67. The average molecular weight is 403 g/mol. The minimum atomic E-state index is -3.93. The fourth-order valence-electron chi connectivity index (χ4n) is 2.32. The lowest BCUT2D eigenvalue weighted by Gasteiger charge is -2.12. The number of anilines is 1. The van der Waals surface area contributed by atoms with Crippen molar-refractivity contribution in [1.29, 1.82) is 0 Å². The van der Waals surface area contributed by atoms with E-state index in [2.05, 4.69) is 4.72 Å². The SMILES string of the molecule is NC(=O)c1cc(Cl)ccc1NS(=O)(=O)c1ccc(Oc2ccccc2)cc1. The van der Waals surface area contributed by atoms with Gasteiger partial charge in [0.25, 0.3) is 15.9 Å². The van der Waals surface area contributed by atoms with Crippen molar-refractivity contribution in [3.8, 4) is 11.5 Å². The summed E-state index contributed by atoms with van der Waals surface area (Å²) in [6, 6.07) is 19.1. The molecule has 0 aliphatic carbocycles. The van der Waals surface area contributed by atoms with Gasteiger partial charge in [0.15, 0.2) is 0 Å². The number of nitrogens with two attached hydrogens (primary N) is 1. The molecule has 1 amide bonds. The van der Waals surface area contributed by atoms with Gasteiger partial charge in [-0.1, -0.05) is 29.8 Å². The minimum Gasteiger partial charge on any atom is -0.457 e. The van der Waals surface area contributed by atoms with E-state index < -0.39 is 15.9 Å². The molecule has 0 aromatic heterocycles. The Balaban J connectivity index is 1.82. The zero-order chi connectivity index (χ0) is 19.4. The van der Waals surface area contributed by atoms with E-state index >= 15 is 0 Å². The molecule has 0 atom stereocenters. The molecule has 0 saturated carbocycles. The summed E-state index contributed by atoms with van der Waals surface area (Å²) in [5.41, 5.74) is 5.32. The van der Waals surface area contributed by atoms with E-state index in [-0.39, 0.29) is 21.2 Å². The van der Waals surface area contributed by atoms with Crippen LogP contribution in [0.5, 0.6) is 11.5 Å². The molecule has 27 heavy (non-hydrogen) atoms. The third kappa shape index (κ3) is 4.58. The number of hydrogen-bond acceptors (Lipinski definition) is 4. The normalized spacial score (nSPS) is 11.0. The maximum absolute atomic E-state index is 12.6. The van der Waals surface area contributed by atoms with Crippen molar-refractivity contribution in [3.63, 3.8) is 0 Å². The van der Waals surface area contributed by atoms with Crippen LogP contribution in [0.3, 0.4) is 0 Å². The summed E-state index contributed by atoms with van der Waals surface area (Å²) in [6.45, 7) is 0. The zero-order valence-corrected chi connectivity index (χ0v) is 15.5. The number of nitrogens with one attached hydrogen (secondary N) is 1. The van der Waals surface area contributed by atoms with Gasteiger partial charge in [-0.3, -0.25) is 9.52 Å². The smallest absolute Gasteiger partial charge is 0.261 e. The third-order valence-electron chi connectivity index (χ3n) is 3.60. The summed E-state index contributed by atoms with van der Waals surface area (Å²) >= 11 is 5.83. The molecule has 0 aliphatic heterocycles. The number of ether oxygens (including phenoxy) is 1. The first-order chi connectivity index (χ1) is 12.8. The Morgan fingerprint density at radius 3 is 2.19 bits per heavy atom. The predicted molar refractivity (Wildman–Crippen MR) is 104 cm³/mol. The molecule has 0 fully saturated rings. The minimum absolute atomic E-state index is 0.00767. The van der Waals surface area contributed by atoms with E-state index in [1.165, 1.54) is 30.3 Å². The van der Waals surface area contributed by atoms with Crippen molar-refractivity contribution in [2.45, 2.75) is 4.90 Å². The van der Waals surface area contributed by atoms with E-state index in [1.54, 1.807) is 24.3 Å². The first kappa shape index (κ1) is 18.8. The molecule has 3 N–H and O–H groups in total. The monoisotopic (exact) mass is 402 g/mol. The van der Waals surface area contributed by atoms with Crippen molar-refractivity contribution < 1.29 is 17.9 Å². The lowest BCUT2D eigenvalue weighted by molar-refractivity contribution is 0.100. The lowest BCUT2D eigenvalue weighted by Crippen LogP contribution is -2.18. The Kier molecular flexibility index (Phi) is 5.34. The highest BCUT2D eigenvalue weighted by Gasteiger charge is 2.18. The van der Waals surface area contributed by atoms with Crippen LogP contribution in [0.4, 0.5) is 5.69 Å². The Hall–Kier alpha value is -3.03. The van der Waals surface area contributed by atoms with E-state index in [4.69, 9.17) is 22.1 Å². The van der Waals surface area contributed by atoms with Crippen molar-refractivity contribution >= 4 is 33.2 Å². The van der Waals surface area contributed by atoms with Gasteiger partial charge >= 0.3 is 0 Å². The molecular weight excluding hydrogens is 388 g/mol. The Labute approximate surface area is 161 Å². The summed E-state index contributed by atoms with van der Waals surface area (Å²) in [6.07, 6.45) is 0. The van der Waals surface area contributed by atoms with Gasteiger partial charge in [0.2, 0.25) is 0 Å². The molecule has 0 bridgehead atoms. The maximum atomic E-state index is 12.6. The van der Waals surface area contributed by atoms with Crippen LogP contribution in [0.1, 0.15) is 10.4 Å². The number of carbonyl (C=O) groups is 1. The topological polar surface area (TPSA) is 98.5 Å². The summed E-state index contributed by atoms with van der Waals surface area (Å²) in [4.78, 5) is 11.5.